The number of nitrogens with one attached hydrogen (secondary N) is 1. The maximum atomic E-state index is 5.32. The molecular formula is C18H19NS2. The van der Waals surface area contributed by atoms with Crippen molar-refractivity contribution in [3.8, 4) is 0 Å². The zero-order valence-electron chi connectivity index (χ0n) is 12.2. The van der Waals surface area contributed by atoms with Gasteiger partial charge in [0.25, 0.3) is 0 Å². The predicted molar refractivity (Wildman–Crippen MR) is 98.2 cm³/mol. The van der Waals surface area contributed by atoms with Crippen LogP contribution in [0.15, 0.2) is 71.0 Å². The summed E-state index contributed by atoms with van der Waals surface area (Å²) in [5.41, 5.74) is 2.36. The Morgan fingerprint density at radius 2 is 1.71 bits per heavy atom. The molecule has 0 aliphatic rings. The van der Waals surface area contributed by atoms with Gasteiger partial charge in [-0.2, -0.15) is 0 Å². The second-order valence-electron chi connectivity index (χ2n) is 5.00. The van der Waals surface area contributed by atoms with Crippen molar-refractivity contribution in [3.05, 3.63) is 71.6 Å². The number of anilines is 1. The molecule has 0 spiro atoms. The first-order chi connectivity index (χ1) is 10.1. The van der Waals surface area contributed by atoms with E-state index in [0.717, 1.165) is 10.7 Å². The minimum absolute atomic E-state index is 0.549. The zero-order chi connectivity index (χ0) is 15.1. The molecule has 0 heterocycles. The number of benzene rings is 2. The predicted octanol–water partition coefficient (Wildman–Crippen LogP) is 5.86. The molecule has 1 N–H and O–H groups in total. The fourth-order valence-electron chi connectivity index (χ4n) is 1.81. The van der Waals surface area contributed by atoms with Crippen LogP contribution in [0.25, 0.3) is 0 Å². The molecule has 0 bridgehead atoms. The molecule has 2 rings (SSSR count). The molecule has 0 unspecified atom stereocenters. The third-order valence-corrected chi connectivity index (χ3v) is 4.07. The average Bonchev–Trinajstić information content (AvgIpc) is 2.49. The van der Waals surface area contributed by atoms with Crippen LogP contribution in [0.2, 0.25) is 0 Å². The first kappa shape index (κ1) is 15.8. The minimum atomic E-state index is 0.549. The SMILES string of the molecule is CC(C)c1ccc(NC(=S)C=CSc2ccccc2)cc1. The highest BCUT2D eigenvalue weighted by Gasteiger charge is 1.99. The first-order valence-corrected chi connectivity index (χ1v) is 8.23. The summed E-state index contributed by atoms with van der Waals surface area (Å²) in [5, 5.41) is 5.23. The van der Waals surface area contributed by atoms with Crippen molar-refractivity contribution in [2.24, 2.45) is 0 Å². The lowest BCUT2D eigenvalue weighted by atomic mass is 10.0. The lowest BCUT2D eigenvalue weighted by Crippen LogP contribution is -2.05. The Balaban J connectivity index is 1.86. The molecule has 0 aliphatic heterocycles. The van der Waals surface area contributed by atoms with Gasteiger partial charge in [-0.25, -0.2) is 0 Å². The molecule has 0 aromatic heterocycles. The summed E-state index contributed by atoms with van der Waals surface area (Å²) in [7, 11) is 0. The maximum Gasteiger partial charge on any atom is 0.104 e. The van der Waals surface area contributed by atoms with Gasteiger partial charge >= 0.3 is 0 Å². The molecule has 1 nitrogen and oxygen atoms in total. The Morgan fingerprint density at radius 1 is 1.05 bits per heavy atom. The van der Waals surface area contributed by atoms with E-state index in [1.165, 1.54) is 10.5 Å². The van der Waals surface area contributed by atoms with Crippen LogP contribution in [-0.2, 0) is 0 Å². The second kappa shape index (κ2) is 8.01. The highest BCUT2D eigenvalue weighted by molar-refractivity contribution is 8.02. The Hall–Kier alpha value is -1.58. The molecule has 3 heteroatoms. The van der Waals surface area contributed by atoms with Gasteiger partial charge in [-0.1, -0.05) is 68.2 Å². The Labute approximate surface area is 136 Å². The van der Waals surface area contributed by atoms with Crippen LogP contribution in [0, 0.1) is 0 Å². The normalized spacial score (nSPS) is 11.0. The fraction of sp³-hybridized carbons (Fsp3) is 0.167. The quantitative estimate of drug-likeness (QED) is 0.422. The molecule has 2 aromatic carbocycles. The van der Waals surface area contributed by atoms with Gasteiger partial charge in [0.05, 0.1) is 0 Å². The topological polar surface area (TPSA) is 12.0 Å². The standard InChI is InChI=1S/C18H19NS2/c1-14(2)15-8-10-16(11-9-15)19-18(20)12-13-21-17-6-4-3-5-7-17/h3-14H,1-2H3,(H,19,20). The summed E-state index contributed by atoms with van der Waals surface area (Å²) < 4.78 is 0. The molecular weight excluding hydrogens is 294 g/mol. The zero-order valence-corrected chi connectivity index (χ0v) is 13.9. The second-order valence-corrected chi connectivity index (χ2v) is 6.42. The van der Waals surface area contributed by atoms with Crippen molar-refractivity contribution >= 4 is 34.7 Å². The summed E-state index contributed by atoms with van der Waals surface area (Å²) in [6.45, 7) is 4.38. The largest absolute Gasteiger partial charge is 0.347 e. The van der Waals surface area contributed by atoms with E-state index in [4.69, 9.17) is 12.2 Å². The van der Waals surface area contributed by atoms with Crippen LogP contribution in [0.1, 0.15) is 25.3 Å². The van der Waals surface area contributed by atoms with Crippen molar-refractivity contribution in [1.82, 2.24) is 0 Å². The van der Waals surface area contributed by atoms with E-state index in [0.29, 0.717) is 5.92 Å². The molecule has 21 heavy (non-hydrogen) atoms. The van der Waals surface area contributed by atoms with Crippen LogP contribution in [-0.4, -0.2) is 4.99 Å². The van der Waals surface area contributed by atoms with Crippen LogP contribution in [0.4, 0.5) is 5.69 Å². The van der Waals surface area contributed by atoms with E-state index in [1.807, 2.05) is 29.7 Å². The molecule has 0 saturated carbocycles. The van der Waals surface area contributed by atoms with Crippen molar-refractivity contribution in [2.45, 2.75) is 24.7 Å². The molecule has 0 aliphatic carbocycles. The fourth-order valence-corrected chi connectivity index (χ4v) is 2.76. The van der Waals surface area contributed by atoms with E-state index in [2.05, 4.69) is 55.6 Å². The third-order valence-electron chi connectivity index (χ3n) is 3.01. The van der Waals surface area contributed by atoms with Crippen LogP contribution in [0.3, 0.4) is 0 Å². The van der Waals surface area contributed by atoms with Crippen molar-refractivity contribution in [2.75, 3.05) is 5.32 Å². The van der Waals surface area contributed by atoms with Gasteiger partial charge in [0.15, 0.2) is 0 Å². The lowest BCUT2D eigenvalue weighted by molar-refractivity contribution is 0.867. The van der Waals surface area contributed by atoms with Gasteiger partial charge in [0, 0.05) is 10.6 Å². The van der Waals surface area contributed by atoms with Crippen molar-refractivity contribution in [1.29, 1.82) is 0 Å². The number of thioether (sulfide) groups is 1. The van der Waals surface area contributed by atoms with Crippen LogP contribution in [0.5, 0.6) is 0 Å². The average molecular weight is 313 g/mol. The Morgan fingerprint density at radius 3 is 2.33 bits per heavy atom. The summed E-state index contributed by atoms with van der Waals surface area (Å²) in [5.74, 6) is 0.549. The van der Waals surface area contributed by atoms with Gasteiger partial charge in [-0.15, -0.1) is 0 Å². The number of rotatable bonds is 5. The van der Waals surface area contributed by atoms with Gasteiger partial charge in [0.2, 0.25) is 0 Å². The van der Waals surface area contributed by atoms with Gasteiger partial charge in [-0.05, 0) is 47.2 Å². The Kier molecular flexibility index (Phi) is 6.03. The number of hydrogen-bond donors (Lipinski definition) is 1. The van der Waals surface area contributed by atoms with Crippen LogP contribution < -0.4 is 5.32 Å². The van der Waals surface area contributed by atoms with Crippen molar-refractivity contribution in [3.63, 3.8) is 0 Å². The third kappa shape index (κ3) is 5.37. The molecule has 0 saturated heterocycles. The summed E-state index contributed by atoms with van der Waals surface area (Å²) in [6, 6.07) is 18.6. The highest BCUT2D eigenvalue weighted by Crippen LogP contribution is 2.19. The van der Waals surface area contributed by atoms with E-state index in [9.17, 15) is 0 Å². The van der Waals surface area contributed by atoms with E-state index in [-0.39, 0.29) is 0 Å². The van der Waals surface area contributed by atoms with Gasteiger partial charge in [0.1, 0.15) is 4.99 Å². The number of thiocarbonyl (C=S) groups is 1. The van der Waals surface area contributed by atoms with E-state index < -0.39 is 0 Å². The van der Waals surface area contributed by atoms with Crippen molar-refractivity contribution < 1.29 is 0 Å². The molecule has 108 valence electrons. The maximum absolute atomic E-state index is 5.32. The molecule has 2 aromatic rings. The smallest absolute Gasteiger partial charge is 0.104 e. The first-order valence-electron chi connectivity index (χ1n) is 6.94. The van der Waals surface area contributed by atoms with Gasteiger partial charge in [-0.3, -0.25) is 0 Å². The highest BCUT2D eigenvalue weighted by atomic mass is 32.2. The van der Waals surface area contributed by atoms with Gasteiger partial charge < -0.3 is 5.32 Å². The summed E-state index contributed by atoms with van der Waals surface area (Å²) in [6.07, 6.45) is 1.92. The summed E-state index contributed by atoms with van der Waals surface area (Å²) in [4.78, 5) is 1.92. The summed E-state index contributed by atoms with van der Waals surface area (Å²) >= 11 is 6.98. The van der Waals surface area contributed by atoms with Crippen LogP contribution >= 0.6 is 24.0 Å². The molecule has 0 amide bonds. The van der Waals surface area contributed by atoms with E-state index >= 15 is 0 Å². The number of hydrogen-bond acceptors (Lipinski definition) is 2. The molecule has 0 fully saturated rings. The molecule has 0 atom stereocenters. The van der Waals surface area contributed by atoms with E-state index in [1.54, 1.807) is 11.8 Å². The monoisotopic (exact) mass is 313 g/mol. The molecule has 0 radical (unpaired) electrons. The Bertz CT molecular complexity index is 601. The lowest BCUT2D eigenvalue weighted by Gasteiger charge is -2.08. The minimum Gasteiger partial charge on any atom is -0.347 e.